The fourth-order valence-electron chi connectivity index (χ4n) is 3.94. The Morgan fingerprint density at radius 2 is 1.52 bits per heavy atom. The molecular formula is C24H27ClN2O2. The number of rotatable bonds is 4. The van der Waals surface area contributed by atoms with E-state index in [9.17, 15) is 10.2 Å². The highest BCUT2D eigenvalue weighted by molar-refractivity contribution is 6.30. The predicted molar refractivity (Wildman–Crippen MR) is 120 cm³/mol. The van der Waals surface area contributed by atoms with Gasteiger partial charge in [-0.05, 0) is 52.5 Å². The molecule has 0 atom stereocenters. The summed E-state index contributed by atoms with van der Waals surface area (Å²) in [7, 11) is 0. The van der Waals surface area contributed by atoms with Crippen LogP contribution in [-0.2, 0) is 5.41 Å². The van der Waals surface area contributed by atoms with E-state index in [1.54, 1.807) is 12.1 Å². The third kappa shape index (κ3) is 4.88. The Hall–Kier alpha value is -2.59. The number of nitrogens with zero attached hydrogens (tertiary/aromatic N) is 2. The second-order valence-corrected chi connectivity index (χ2v) is 9.76. The largest absolute Gasteiger partial charge is 0.506 e. The third-order valence-corrected chi connectivity index (χ3v) is 5.15. The molecule has 0 heterocycles. The van der Waals surface area contributed by atoms with Crippen molar-refractivity contribution in [3.63, 3.8) is 0 Å². The second-order valence-electron chi connectivity index (χ2n) is 9.32. The lowest BCUT2D eigenvalue weighted by molar-refractivity contribution is 0.284. The molecule has 0 radical (unpaired) electrons. The number of aromatic hydroxyl groups is 2. The normalized spacial score (nSPS) is 12.8. The van der Waals surface area contributed by atoms with E-state index < -0.39 is 0 Å². The molecule has 0 unspecified atom stereocenters. The standard InChI is InChI=1S/C24H27ClN2O2/c1-23(2,3)14-24(4,5)16-7-9-18-15(12-16)6-10-21(29)22(18)27-26-19-13-17(25)8-11-20(19)28/h6-13,28-29H,14H2,1-5H3. The number of hydrogen-bond acceptors (Lipinski definition) is 4. The zero-order valence-electron chi connectivity index (χ0n) is 17.5. The van der Waals surface area contributed by atoms with Crippen LogP contribution in [0.25, 0.3) is 10.8 Å². The molecule has 0 spiro atoms. The van der Waals surface area contributed by atoms with E-state index in [4.69, 9.17) is 11.6 Å². The maximum atomic E-state index is 10.4. The molecule has 29 heavy (non-hydrogen) atoms. The molecule has 0 aliphatic carbocycles. The number of halogens is 1. The Kier molecular flexibility index (Phi) is 5.59. The van der Waals surface area contributed by atoms with Gasteiger partial charge in [-0.15, -0.1) is 10.2 Å². The number of phenols is 2. The lowest BCUT2D eigenvalue weighted by atomic mass is 9.72. The highest BCUT2D eigenvalue weighted by atomic mass is 35.5. The first kappa shape index (κ1) is 21.1. The molecule has 152 valence electrons. The molecule has 0 aliphatic heterocycles. The van der Waals surface area contributed by atoms with E-state index in [1.807, 2.05) is 12.1 Å². The smallest absolute Gasteiger partial charge is 0.143 e. The summed E-state index contributed by atoms with van der Waals surface area (Å²) in [4.78, 5) is 0. The Morgan fingerprint density at radius 1 is 0.828 bits per heavy atom. The summed E-state index contributed by atoms with van der Waals surface area (Å²) < 4.78 is 0. The van der Waals surface area contributed by atoms with Gasteiger partial charge < -0.3 is 10.2 Å². The first-order valence-corrected chi connectivity index (χ1v) is 10.0. The fraction of sp³-hybridized carbons (Fsp3) is 0.333. The van der Waals surface area contributed by atoms with E-state index in [1.165, 1.54) is 17.7 Å². The van der Waals surface area contributed by atoms with Gasteiger partial charge in [0, 0.05) is 10.4 Å². The highest BCUT2D eigenvalue weighted by Crippen LogP contribution is 2.41. The van der Waals surface area contributed by atoms with Crippen molar-refractivity contribution >= 4 is 33.7 Å². The second kappa shape index (κ2) is 7.68. The minimum absolute atomic E-state index is 0.0125. The summed E-state index contributed by atoms with van der Waals surface area (Å²) in [5.74, 6) is 0.00793. The van der Waals surface area contributed by atoms with Crippen LogP contribution in [0.3, 0.4) is 0 Å². The quantitative estimate of drug-likeness (QED) is 0.427. The van der Waals surface area contributed by atoms with Crippen molar-refractivity contribution in [1.82, 2.24) is 0 Å². The molecule has 5 heteroatoms. The lowest BCUT2D eigenvalue weighted by Gasteiger charge is -2.33. The van der Waals surface area contributed by atoms with Gasteiger partial charge >= 0.3 is 0 Å². The maximum Gasteiger partial charge on any atom is 0.143 e. The number of fused-ring (bicyclic) bond motifs is 1. The first-order valence-electron chi connectivity index (χ1n) is 9.63. The molecule has 0 amide bonds. The average Bonchev–Trinajstić information content (AvgIpc) is 2.61. The first-order chi connectivity index (χ1) is 13.5. The molecule has 0 aromatic heterocycles. The average molecular weight is 411 g/mol. The molecular weight excluding hydrogens is 384 g/mol. The van der Waals surface area contributed by atoms with E-state index in [0.29, 0.717) is 10.7 Å². The van der Waals surface area contributed by atoms with Crippen molar-refractivity contribution in [2.45, 2.75) is 46.5 Å². The molecule has 3 rings (SSSR count). The van der Waals surface area contributed by atoms with Gasteiger partial charge in [0.05, 0.1) is 0 Å². The van der Waals surface area contributed by atoms with Gasteiger partial charge in [-0.3, -0.25) is 0 Å². The Morgan fingerprint density at radius 3 is 2.21 bits per heavy atom. The molecule has 0 aliphatic rings. The number of hydrogen-bond donors (Lipinski definition) is 2. The topological polar surface area (TPSA) is 65.2 Å². The van der Waals surface area contributed by atoms with E-state index in [2.05, 4.69) is 57.0 Å². The number of azo groups is 1. The predicted octanol–water partition coefficient (Wildman–Crippen LogP) is 8.03. The number of benzene rings is 3. The molecule has 0 bridgehead atoms. The fourth-order valence-corrected chi connectivity index (χ4v) is 4.10. The summed E-state index contributed by atoms with van der Waals surface area (Å²) in [6, 6.07) is 14.3. The van der Waals surface area contributed by atoms with Crippen molar-refractivity contribution in [3.05, 3.63) is 59.1 Å². The van der Waals surface area contributed by atoms with Crippen LogP contribution in [0.4, 0.5) is 11.4 Å². The van der Waals surface area contributed by atoms with Crippen molar-refractivity contribution in [3.8, 4) is 11.5 Å². The van der Waals surface area contributed by atoms with Crippen molar-refractivity contribution in [2.75, 3.05) is 0 Å². The van der Waals surface area contributed by atoms with Crippen molar-refractivity contribution in [1.29, 1.82) is 0 Å². The van der Waals surface area contributed by atoms with Crippen LogP contribution >= 0.6 is 11.6 Å². The Balaban J connectivity index is 2.04. The molecule has 2 N–H and O–H groups in total. The van der Waals surface area contributed by atoms with Crippen LogP contribution in [0.15, 0.2) is 58.8 Å². The SMILES string of the molecule is CC(C)(C)CC(C)(C)c1ccc2c(N=Nc3cc(Cl)ccc3O)c(O)ccc2c1. The summed E-state index contributed by atoms with van der Waals surface area (Å²) in [6.45, 7) is 11.2. The lowest BCUT2D eigenvalue weighted by Crippen LogP contribution is -2.24. The minimum Gasteiger partial charge on any atom is -0.506 e. The molecule has 0 saturated heterocycles. The van der Waals surface area contributed by atoms with Gasteiger partial charge in [-0.2, -0.15) is 0 Å². The summed E-state index contributed by atoms with van der Waals surface area (Å²) in [6.07, 6.45) is 1.05. The third-order valence-electron chi connectivity index (χ3n) is 4.92. The van der Waals surface area contributed by atoms with E-state index in [0.717, 1.165) is 17.2 Å². The van der Waals surface area contributed by atoms with E-state index >= 15 is 0 Å². The van der Waals surface area contributed by atoms with Gasteiger partial charge in [0.1, 0.15) is 22.9 Å². The van der Waals surface area contributed by atoms with Crippen LogP contribution in [-0.4, -0.2) is 10.2 Å². The zero-order chi connectivity index (χ0) is 21.4. The van der Waals surface area contributed by atoms with Crippen LogP contribution in [0, 0.1) is 5.41 Å². The minimum atomic E-state index is -0.0240. The monoisotopic (exact) mass is 410 g/mol. The van der Waals surface area contributed by atoms with Crippen LogP contribution < -0.4 is 0 Å². The maximum absolute atomic E-state index is 10.4. The molecule has 0 saturated carbocycles. The molecule has 4 nitrogen and oxygen atoms in total. The van der Waals surface area contributed by atoms with Crippen molar-refractivity contribution < 1.29 is 10.2 Å². The van der Waals surface area contributed by atoms with Gasteiger partial charge in [-0.1, -0.05) is 70.5 Å². The van der Waals surface area contributed by atoms with Gasteiger partial charge in [0.25, 0.3) is 0 Å². The van der Waals surface area contributed by atoms with Gasteiger partial charge in [0.15, 0.2) is 0 Å². The summed E-state index contributed by atoms with van der Waals surface area (Å²) in [5.41, 5.74) is 2.07. The van der Waals surface area contributed by atoms with Crippen LogP contribution in [0.2, 0.25) is 5.02 Å². The van der Waals surface area contributed by atoms with Crippen LogP contribution in [0.1, 0.15) is 46.6 Å². The molecule has 0 fully saturated rings. The molecule has 3 aromatic carbocycles. The van der Waals surface area contributed by atoms with E-state index in [-0.39, 0.29) is 28.0 Å². The summed E-state index contributed by atoms with van der Waals surface area (Å²) in [5, 5.41) is 30.8. The Bertz CT molecular complexity index is 1080. The van der Waals surface area contributed by atoms with Gasteiger partial charge in [0.2, 0.25) is 0 Å². The highest BCUT2D eigenvalue weighted by Gasteiger charge is 2.27. The summed E-state index contributed by atoms with van der Waals surface area (Å²) >= 11 is 5.97. The van der Waals surface area contributed by atoms with Crippen LogP contribution in [0.5, 0.6) is 11.5 Å². The van der Waals surface area contributed by atoms with Gasteiger partial charge in [-0.25, -0.2) is 0 Å². The number of phenolic OH excluding ortho intramolecular Hbond substituents is 2. The Labute approximate surface area is 176 Å². The zero-order valence-corrected chi connectivity index (χ0v) is 18.2. The van der Waals surface area contributed by atoms with Crippen molar-refractivity contribution in [2.24, 2.45) is 15.6 Å². The molecule has 3 aromatic rings.